The van der Waals surface area contributed by atoms with Gasteiger partial charge in [-0.2, -0.15) is 0 Å². The smallest absolute Gasteiger partial charge is 0.333 e. The number of aryl methyl sites for hydroxylation is 2. The summed E-state index contributed by atoms with van der Waals surface area (Å²) in [6, 6.07) is 5.56. The van der Waals surface area contributed by atoms with E-state index in [-0.39, 0.29) is 28.4 Å². The fraction of sp³-hybridized carbons (Fsp3) is 0.455. The van der Waals surface area contributed by atoms with Gasteiger partial charge >= 0.3 is 5.69 Å². The average Bonchev–Trinajstić information content (AvgIpc) is 3.29. The molecule has 1 aromatic carbocycles. The molecule has 1 fully saturated rings. The van der Waals surface area contributed by atoms with Crippen molar-refractivity contribution in [3.8, 4) is 5.88 Å². The summed E-state index contributed by atoms with van der Waals surface area (Å²) in [5.74, 6) is -0.741. The molecular weight excluding hydrogens is 432 g/mol. The number of hydrogen-bond donors (Lipinski definition) is 2. The van der Waals surface area contributed by atoms with Gasteiger partial charge in [0, 0.05) is 27.2 Å². The number of carbonyl (C=O) groups is 1. The Kier molecular flexibility index (Phi) is 7.57. The number of carbonyl (C=O) groups excluding carboxylic acids is 1. The lowest BCUT2D eigenvalue weighted by atomic mass is 10.1. The van der Waals surface area contributed by atoms with Crippen LogP contribution in [0.25, 0.3) is 0 Å². The van der Waals surface area contributed by atoms with Gasteiger partial charge in [-0.05, 0) is 49.9 Å². The van der Waals surface area contributed by atoms with Crippen molar-refractivity contribution in [1.29, 1.82) is 0 Å². The van der Waals surface area contributed by atoms with Crippen LogP contribution < -0.4 is 16.6 Å². The van der Waals surface area contributed by atoms with Crippen molar-refractivity contribution >= 4 is 28.4 Å². The first kappa shape index (κ1) is 23.8. The molecule has 0 spiro atoms. The van der Waals surface area contributed by atoms with Crippen LogP contribution in [-0.2, 0) is 23.6 Å². The Hall–Kier alpha value is -2.85. The molecule has 3 rings (SSSR count). The minimum Gasteiger partial charge on any atom is -0.494 e. The quantitative estimate of drug-likeness (QED) is 0.499. The Morgan fingerprint density at radius 2 is 2.00 bits per heavy atom. The summed E-state index contributed by atoms with van der Waals surface area (Å²) in [7, 11) is 2.70. The highest BCUT2D eigenvalue weighted by Crippen LogP contribution is 2.24. The topological polar surface area (TPSA) is 115 Å². The van der Waals surface area contributed by atoms with Crippen LogP contribution in [0.15, 0.2) is 32.8 Å². The number of aliphatic imine (C=N–C) groups is 1. The molecule has 2 N–H and O–H groups in total. The molecule has 9 nitrogen and oxygen atoms in total. The maximum Gasteiger partial charge on any atom is 0.333 e. The Morgan fingerprint density at radius 1 is 1.25 bits per heavy atom. The summed E-state index contributed by atoms with van der Waals surface area (Å²) in [5, 5.41) is 13.6. The zero-order chi connectivity index (χ0) is 23.4. The molecule has 2 aromatic rings. The fourth-order valence-electron chi connectivity index (χ4n) is 3.31. The zero-order valence-electron chi connectivity index (χ0n) is 18.7. The summed E-state index contributed by atoms with van der Waals surface area (Å²) in [5.41, 5.74) is 1.23. The molecule has 1 aliphatic heterocycles. The second-order valence-corrected chi connectivity index (χ2v) is 8.78. The minimum atomic E-state index is -0.680. The normalized spacial score (nSPS) is 16.4. The van der Waals surface area contributed by atoms with E-state index in [1.54, 1.807) is 6.07 Å². The molecular formula is C22H28N4O5S. The van der Waals surface area contributed by atoms with E-state index in [4.69, 9.17) is 4.74 Å². The van der Waals surface area contributed by atoms with E-state index in [0.29, 0.717) is 18.8 Å². The van der Waals surface area contributed by atoms with Crippen LogP contribution in [0.3, 0.4) is 0 Å². The Morgan fingerprint density at radius 3 is 2.66 bits per heavy atom. The number of amides is 1. The lowest BCUT2D eigenvalue weighted by Crippen LogP contribution is -2.40. The predicted octanol–water partition coefficient (Wildman–Crippen LogP) is 1.51. The van der Waals surface area contributed by atoms with Crippen LogP contribution in [0, 0.1) is 13.8 Å². The highest BCUT2D eigenvalue weighted by molar-refractivity contribution is 8.15. The molecule has 1 amide bonds. The van der Waals surface area contributed by atoms with Gasteiger partial charge in [-0.1, -0.05) is 17.8 Å². The highest BCUT2D eigenvalue weighted by Gasteiger charge is 2.22. The van der Waals surface area contributed by atoms with Crippen LogP contribution >= 0.6 is 11.8 Å². The van der Waals surface area contributed by atoms with Gasteiger partial charge in [0.05, 0.1) is 17.5 Å². The standard InChI is InChI=1S/C22H28N4O5S/c1-13-7-8-15(10-14(13)2)24-19(18-20(28)25(3)22(30)26(4)21(18)29)32-12-17(27)23-11-16-6-5-9-31-16/h7-8,10,16,28H,5-6,9,11-12H2,1-4H3,(H,23,27)/t16-/m1/s1. The van der Waals surface area contributed by atoms with E-state index < -0.39 is 17.1 Å². The third-order valence-electron chi connectivity index (χ3n) is 5.46. The van der Waals surface area contributed by atoms with Gasteiger partial charge < -0.3 is 15.2 Å². The summed E-state index contributed by atoms with van der Waals surface area (Å²) < 4.78 is 7.40. The predicted molar refractivity (Wildman–Crippen MR) is 125 cm³/mol. The largest absolute Gasteiger partial charge is 0.494 e. The molecule has 0 bridgehead atoms. The summed E-state index contributed by atoms with van der Waals surface area (Å²) in [6.45, 7) is 5.06. The summed E-state index contributed by atoms with van der Waals surface area (Å²) >= 11 is 1.03. The van der Waals surface area contributed by atoms with Crippen molar-refractivity contribution in [2.75, 3.05) is 18.9 Å². The van der Waals surface area contributed by atoms with Crippen LogP contribution in [0.2, 0.25) is 0 Å². The van der Waals surface area contributed by atoms with Gasteiger partial charge in [0.1, 0.15) is 10.6 Å². The molecule has 1 atom stereocenters. The fourth-order valence-corrected chi connectivity index (χ4v) is 4.17. The lowest BCUT2D eigenvalue weighted by molar-refractivity contribution is -0.119. The van der Waals surface area contributed by atoms with Gasteiger partial charge in [-0.25, -0.2) is 9.79 Å². The third-order valence-corrected chi connectivity index (χ3v) is 6.43. The van der Waals surface area contributed by atoms with Gasteiger partial charge in [-0.15, -0.1) is 0 Å². The number of thioether (sulfide) groups is 1. The van der Waals surface area contributed by atoms with Gasteiger partial charge in [-0.3, -0.25) is 18.7 Å². The van der Waals surface area contributed by atoms with Crippen LogP contribution in [-0.4, -0.2) is 50.2 Å². The molecule has 1 saturated heterocycles. The van der Waals surface area contributed by atoms with Crippen LogP contribution in [0.5, 0.6) is 5.88 Å². The van der Waals surface area contributed by atoms with Gasteiger partial charge in [0.25, 0.3) is 5.56 Å². The molecule has 10 heteroatoms. The number of rotatable bonds is 6. The molecule has 2 heterocycles. The first-order valence-electron chi connectivity index (χ1n) is 10.4. The first-order valence-corrected chi connectivity index (χ1v) is 11.3. The number of nitrogens with one attached hydrogen (secondary N) is 1. The molecule has 0 unspecified atom stereocenters. The Balaban J connectivity index is 1.93. The van der Waals surface area contributed by atoms with E-state index in [1.165, 1.54) is 14.1 Å². The molecule has 1 aliphatic rings. The number of aromatic nitrogens is 2. The minimum absolute atomic E-state index is 0.0121. The maximum absolute atomic E-state index is 12.8. The molecule has 172 valence electrons. The van der Waals surface area contributed by atoms with Crippen molar-refractivity contribution in [2.45, 2.75) is 32.8 Å². The molecule has 0 radical (unpaired) electrons. The van der Waals surface area contributed by atoms with Crippen molar-refractivity contribution in [3.63, 3.8) is 0 Å². The first-order chi connectivity index (χ1) is 15.2. The van der Waals surface area contributed by atoms with E-state index in [2.05, 4.69) is 10.3 Å². The Bertz CT molecular complexity index is 1160. The Labute approximate surface area is 190 Å². The monoisotopic (exact) mass is 460 g/mol. The van der Waals surface area contributed by atoms with Crippen molar-refractivity contribution in [3.05, 3.63) is 55.7 Å². The van der Waals surface area contributed by atoms with Gasteiger partial charge in [0.15, 0.2) is 0 Å². The summed E-state index contributed by atoms with van der Waals surface area (Å²) in [4.78, 5) is 41.9. The number of hydrogen-bond acceptors (Lipinski definition) is 7. The van der Waals surface area contributed by atoms with Crippen LogP contribution in [0.4, 0.5) is 5.69 Å². The van der Waals surface area contributed by atoms with E-state index >= 15 is 0 Å². The summed E-state index contributed by atoms with van der Waals surface area (Å²) in [6.07, 6.45) is 1.92. The van der Waals surface area contributed by atoms with Crippen molar-refractivity contribution < 1.29 is 14.6 Å². The second-order valence-electron chi connectivity index (χ2n) is 7.82. The average molecular weight is 461 g/mol. The number of nitrogens with zero attached hydrogens (tertiary/aromatic N) is 3. The zero-order valence-corrected chi connectivity index (χ0v) is 19.5. The molecule has 0 aliphatic carbocycles. The van der Waals surface area contributed by atoms with Gasteiger partial charge in [0.2, 0.25) is 11.8 Å². The third kappa shape index (κ3) is 5.31. The maximum atomic E-state index is 12.8. The molecule has 0 saturated carbocycles. The highest BCUT2D eigenvalue weighted by atomic mass is 32.2. The van der Waals surface area contributed by atoms with E-state index in [0.717, 1.165) is 44.9 Å². The van der Waals surface area contributed by atoms with Crippen molar-refractivity contribution in [2.24, 2.45) is 19.1 Å². The molecule has 32 heavy (non-hydrogen) atoms. The SMILES string of the molecule is Cc1ccc(N=C(SCC(=O)NC[C@H]2CCCO2)c2c(O)n(C)c(=O)n(C)c2=O)cc1C. The van der Waals surface area contributed by atoms with E-state index in [1.807, 2.05) is 26.0 Å². The number of benzene rings is 1. The number of aromatic hydroxyl groups is 1. The second kappa shape index (κ2) is 10.2. The van der Waals surface area contributed by atoms with Crippen molar-refractivity contribution in [1.82, 2.24) is 14.5 Å². The number of ether oxygens (including phenoxy) is 1. The van der Waals surface area contributed by atoms with E-state index in [9.17, 15) is 19.5 Å². The van der Waals surface area contributed by atoms with Crippen LogP contribution in [0.1, 0.15) is 29.5 Å². The molecule has 1 aromatic heterocycles. The lowest BCUT2D eigenvalue weighted by Gasteiger charge is -2.13.